The number of alkyl halides is 3. The molecule has 0 radical (unpaired) electrons. The fourth-order valence-corrected chi connectivity index (χ4v) is 1.90. The summed E-state index contributed by atoms with van der Waals surface area (Å²) < 4.78 is 45.7. The van der Waals surface area contributed by atoms with Crippen LogP contribution in [0.5, 0.6) is 5.75 Å². The van der Waals surface area contributed by atoms with Crippen LogP contribution in [0.1, 0.15) is 16.8 Å². The van der Waals surface area contributed by atoms with E-state index in [9.17, 15) is 18.0 Å². The number of carbonyl (C=O) groups is 1. The van der Waals surface area contributed by atoms with Crippen molar-refractivity contribution in [1.29, 1.82) is 0 Å². The molecule has 0 saturated carbocycles. The highest BCUT2D eigenvalue weighted by molar-refractivity contribution is 6.05. The van der Waals surface area contributed by atoms with E-state index in [-0.39, 0.29) is 18.6 Å². The predicted molar refractivity (Wildman–Crippen MR) is 59.8 cm³/mol. The fraction of sp³-hybridized carbons (Fsp3) is 0.417. The summed E-state index contributed by atoms with van der Waals surface area (Å²) in [6.45, 7) is 0.302. The van der Waals surface area contributed by atoms with Gasteiger partial charge in [-0.05, 0) is 18.6 Å². The Morgan fingerprint density at radius 1 is 1.37 bits per heavy atom. The number of carbonyl (C=O) groups excluding carboxylic acids is 1. The van der Waals surface area contributed by atoms with Gasteiger partial charge < -0.3 is 15.2 Å². The molecule has 7 heteroatoms. The normalized spacial score (nSPS) is 23.4. The molecule has 1 aliphatic heterocycles. The maximum absolute atomic E-state index is 12.3. The van der Waals surface area contributed by atoms with E-state index in [1.807, 2.05) is 0 Å². The highest BCUT2D eigenvalue weighted by Crippen LogP contribution is 2.30. The molecule has 0 aromatic heterocycles. The maximum atomic E-state index is 12.3. The summed E-state index contributed by atoms with van der Waals surface area (Å²) in [7, 11) is 0. The van der Waals surface area contributed by atoms with E-state index in [1.54, 1.807) is 0 Å². The minimum Gasteiger partial charge on any atom is -0.405 e. The number of ether oxygens (including phenoxy) is 2. The van der Waals surface area contributed by atoms with Crippen LogP contribution in [0.2, 0.25) is 0 Å². The maximum Gasteiger partial charge on any atom is 0.573 e. The summed E-state index contributed by atoms with van der Waals surface area (Å²) >= 11 is 0. The van der Waals surface area contributed by atoms with Crippen LogP contribution in [0.25, 0.3) is 0 Å². The molecule has 0 aliphatic carbocycles. The molecule has 0 bridgehead atoms. The Morgan fingerprint density at radius 3 is 2.63 bits per heavy atom. The number of hydrogen-bond donors (Lipinski definition) is 1. The first-order valence-corrected chi connectivity index (χ1v) is 5.58. The molecular formula is C12H12F3NO3. The highest BCUT2D eigenvalue weighted by atomic mass is 19.4. The van der Waals surface area contributed by atoms with Crippen molar-refractivity contribution in [2.75, 3.05) is 13.2 Å². The van der Waals surface area contributed by atoms with Crippen LogP contribution >= 0.6 is 0 Å². The largest absolute Gasteiger partial charge is 0.573 e. The third-order valence-electron chi connectivity index (χ3n) is 2.86. The standard InChI is InChI=1S/C12H12F3NO3/c13-12(14,15)19-9-4-2-1-3-8(9)10(17)11(16)5-6-18-7-11/h1-4H,5-7,16H2. The van der Waals surface area contributed by atoms with Crippen LogP contribution in [0.3, 0.4) is 0 Å². The number of hydrogen-bond acceptors (Lipinski definition) is 4. The summed E-state index contributed by atoms with van der Waals surface area (Å²) in [5, 5.41) is 0. The van der Waals surface area contributed by atoms with Gasteiger partial charge in [-0.2, -0.15) is 0 Å². The zero-order valence-corrected chi connectivity index (χ0v) is 9.87. The molecule has 4 nitrogen and oxygen atoms in total. The van der Waals surface area contributed by atoms with Crippen molar-refractivity contribution in [1.82, 2.24) is 0 Å². The second kappa shape index (κ2) is 4.82. The highest BCUT2D eigenvalue weighted by Gasteiger charge is 2.41. The van der Waals surface area contributed by atoms with Gasteiger partial charge in [0, 0.05) is 6.61 Å². The number of para-hydroxylation sites is 1. The molecule has 1 atom stereocenters. The van der Waals surface area contributed by atoms with Crippen molar-refractivity contribution < 1.29 is 27.4 Å². The van der Waals surface area contributed by atoms with E-state index in [4.69, 9.17) is 10.5 Å². The van der Waals surface area contributed by atoms with Crippen LogP contribution in [0.4, 0.5) is 13.2 Å². The Balaban J connectivity index is 2.32. The first-order chi connectivity index (χ1) is 8.82. The lowest BCUT2D eigenvalue weighted by Gasteiger charge is -2.21. The molecule has 0 amide bonds. The number of rotatable bonds is 3. The first kappa shape index (κ1) is 13.8. The number of benzene rings is 1. The number of halogens is 3. The van der Waals surface area contributed by atoms with Crippen molar-refractivity contribution in [3.05, 3.63) is 29.8 Å². The second-order valence-corrected chi connectivity index (χ2v) is 4.33. The molecule has 1 fully saturated rings. The number of Topliss-reactive ketones (excluding diaryl/α,β-unsaturated/α-hetero) is 1. The molecule has 1 aromatic rings. The third-order valence-corrected chi connectivity index (χ3v) is 2.86. The third kappa shape index (κ3) is 3.05. The Hall–Kier alpha value is -1.60. The van der Waals surface area contributed by atoms with Gasteiger partial charge in [-0.15, -0.1) is 13.2 Å². The Labute approximate surface area is 107 Å². The van der Waals surface area contributed by atoms with Crippen molar-refractivity contribution in [2.45, 2.75) is 18.3 Å². The van der Waals surface area contributed by atoms with Crippen LogP contribution < -0.4 is 10.5 Å². The lowest BCUT2D eigenvalue weighted by atomic mass is 9.89. The average molecular weight is 275 g/mol. The minimum absolute atomic E-state index is 0.00775. The van der Waals surface area contributed by atoms with Gasteiger partial charge in [-0.25, -0.2) is 0 Å². The quantitative estimate of drug-likeness (QED) is 0.856. The Kier molecular flexibility index (Phi) is 3.51. The van der Waals surface area contributed by atoms with Gasteiger partial charge in [0.1, 0.15) is 11.3 Å². The summed E-state index contributed by atoms with van der Waals surface area (Å²) in [6.07, 6.45) is -4.59. The van der Waals surface area contributed by atoms with E-state index in [0.29, 0.717) is 6.61 Å². The number of ketones is 1. The van der Waals surface area contributed by atoms with Gasteiger partial charge in [-0.3, -0.25) is 4.79 Å². The molecule has 2 N–H and O–H groups in total. The SMILES string of the molecule is NC1(C(=O)c2ccccc2OC(F)(F)F)CCOC1. The smallest absolute Gasteiger partial charge is 0.405 e. The van der Waals surface area contributed by atoms with Crippen LogP contribution in [0, 0.1) is 0 Å². The number of nitrogens with two attached hydrogens (primary N) is 1. The fourth-order valence-electron chi connectivity index (χ4n) is 1.90. The molecule has 1 heterocycles. The van der Waals surface area contributed by atoms with Crippen LogP contribution in [-0.2, 0) is 4.74 Å². The molecule has 1 saturated heterocycles. The van der Waals surface area contributed by atoms with Crippen molar-refractivity contribution in [3.8, 4) is 5.75 Å². The average Bonchev–Trinajstić information content (AvgIpc) is 2.75. The topological polar surface area (TPSA) is 61.6 Å². The molecule has 0 spiro atoms. The zero-order valence-electron chi connectivity index (χ0n) is 9.87. The predicted octanol–water partition coefficient (Wildman–Crippen LogP) is 1.89. The minimum atomic E-state index is -4.86. The van der Waals surface area contributed by atoms with Gasteiger partial charge >= 0.3 is 6.36 Å². The van der Waals surface area contributed by atoms with Gasteiger partial charge in [-0.1, -0.05) is 12.1 Å². The monoisotopic (exact) mass is 275 g/mol. The molecule has 1 aromatic carbocycles. The van der Waals surface area contributed by atoms with Gasteiger partial charge in [0.2, 0.25) is 0 Å². The lowest BCUT2D eigenvalue weighted by molar-refractivity contribution is -0.274. The van der Waals surface area contributed by atoms with E-state index >= 15 is 0 Å². The first-order valence-electron chi connectivity index (χ1n) is 5.58. The van der Waals surface area contributed by atoms with Crippen molar-refractivity contribution in [3.63, 3.8) is 0 Å². The molecular weight excluding hydrogens is 263 g/mol. The van der Waals surface area contributed by atoms with Crippen molar-refractivity contribution in [2.24, 2.45) is 5.73 Å². The Morgan fingerprint density at radius 2 is 2.05 bits per heavy atom. The summed E-state index contributed by atoms with van der Waals surface area (Å²) in [6, 6.07) is 5.15. The van der Waals surface area contributed by atoms with E-state index in [0.717, 1.165) is 6.07 Å². The second-order valence-electron chi connectivity index (χ2n) is 4.33. The molecule has 2 rings (SSSR count). The van der Waals surface area contributed by atoms with Crippen LogP contribution in [0.15, 0.2) is 24.3 Å². The van der Waals surface area contributed by atoms with Crippen LogP contribution in [-0.4, -0.2) is 30.9 Å². The summed E-state index contributed by atoms with van der Waals surface area (Å²) in [4.78, 5) is 12.2. The Bertz CT molecular complexity index is 481. The van der Waals surface area contributed by atoms with E-state index < -0.39 is 23.4 Å². The van der Waals surface area contributed by atoms with Crippen molar-refractivity contribution >= 4 is 5.78 Å². The van der Waals surface area contributed by atoms with E-state index in [2.05, 4.69) is 4.74 Å². The van der Waals surface area contributed by atoms with Gasteiger partial charge in [0.15, 0.2) is 5.78 Å². The van der Waals surface area contributed by atoms with Gasteiger partial charge in [0.25, 0.3) is 0 Å². The molecule has 104 valence electrons. The summed E-state index contributed by atoms with van der Waals surface area (Å²) in [5.41, 5.74) is 4.38. The molecule has 1 unspecified atom stereocenters. The zero-order chi connectivity index (χ0) is 14.1. The molecule has 1 aliphatic rings. The lowest BCUT2D eigenvalue weighted by Crippen LogP contribution is -2.48. The van der Waals surface area contributed by atoms with E-state index in [1.165, 1.54) is 18.2 Å². The molecule has 19 heavy (non-hydrogen) atoms. The summed E-state index contributed by atoms with van der Waals surface area (Å²) in [5.74, 6) is -1.15. The van der Waals surface area contributed by atoms with Gasteiger partial charge in [0.05, 0.1) is 12.2 Å².